The lowest BCUT2D eigenvalue weighted by molar-refractivity contribution is 0.617. The summed E-state index contributed by atoms with van der Waals surface area (Å²) in [6, 6.07) is 65.8. The van der Waals surface area contributed by atoms with Gasteiger partial charge in [-0.15, -0.1) is 0 Å². The zero-order chi connectivity index (χ0) is 35.6. The van der Waals surface area contributed by atoms with Crippen LogP contribution < -0.4 is 4.90 Å². The van der Waals surface area contributed by atoms with E-state index in [1.54, 1.807) is 0 Å². The van der Waals surface area contributed by atoms with Gasteiger partial charge in [-0.2, -0.15) is 0 Å². The molecule has 3 aromatic heterocycles. The molecule has 5 nitrogen and oxygen atoms in total. The first kappa shape index (κ1) is 30.3. The summed E-state index contributed by atoms with van der Waals surface area (Å²) >= 11 is 0. The van der Waals surface area contributed by atoms with Crippen LogP contribution in [-0.4, -0.2) is 9.55 Å². The topological polar surface area (TPSA) is 47.3 Å². The molecule has 0 radical (unpaired) electrons. The molecule has 11 aromatic rings. The molecule has 5 heteroatoms. The summed E-state index contributed by atoms with van der Waals surface area (Å²) in [5.41, 5.74) is 13.0. The Kier molecular flexibility index (Phi) is 6.79. The molecular weight excluding hydrogens is 663 g/mol. The van der Waals surface area contributed by atoms with Crippen LogP contribution in [0, 0.1) is 0 Å². The molecular formula is C49H31N3O2. The van der Waals surface area contributed by atoms with Crippen molar-refractivity contribution in [3.05, 3.63) is 188 Å². The first-order valence-electron chi connectivity index (χ1n) is 18.1. The predicted molar refractivity (Wildman–Crippen MR) is 221 cm³/mol. The van der Waals surface area contributed by atoms with E-state index in [0.29, 0.717) is 11.5 Å². The fraction of sp³-hybridized carbons (Fsp3) is 0. The van der Waals surface area contributed by atoms with Crippen molar-refractivity contribution in [3.8, 4) is 28.3 Å². The minimum Gasteiger partial charge on any atom is -0.456 e. The maximum Gasteiger partial charge on any atom is 0.227 e. The van der Waals surface area contributed by atoms with E-state index in [0.717, 1.165) is 72.4 Å². The van der Waals surface area contributed by atoms with Crippen molar-refractivity contribution in [2.75, 3.05) is 4.90 Å². The lowest BCUT2D eigenvalue weighted by Gasteiger charge is -2.26. The third kappa shape index (κ3) is 4.83. The lowest BCUT2D eigenvalue weighted by atomic mass is 10.0. The molecule has 0 saturated carbocycles. The zero-order valence-electron chi connectivity index (χ0n) is 29.1. The molecule has 3 heterocycles. The fourth-order valence-corrected chi connectivity index (χ4v) is 7.93. The summed E-state index contributed by atoms with van der Waals surface area (Å²) in [7, 11) is 0. The van der Waals surface area contributed by atoms with Gasteiger partial charge in [0.15, 0.2) is 5.58 Å². The van der Waals surface area contributed by atoms with Gasteiger partial charge >= 0.3 is 0 Å². The molecule has 0 amide bonds. The van der Waals surface area contributed by atoms with Crippen LogP contribution in [0.15, 0.2) is 197 Å². The number of aromatic nitrogens is 2. The highest BCUT2D eigenvalue weighted by molar-refractivity contribution is 6.16. The number of hydrogen-bond donors (Lipinski definition) is 0. The Bertz CT molecular complexity index is 3140. The van der Waals surface area contributed by atoms with Gasteiger partial charge in [0.2, 0.25) is 5.89 Å². The average molecular weight is 694 g/mol. The minimum atomic E-state index is 0.606. The highest BCUT2D eigenvalue weighted by Crippen LogP contribution is 2.44. The number of anilines is 3. The van der Waals surface area contributed by atoms with Crippen LogP contribution in [0.2, 0.25) is 0 Å². The van der Waals surface area contributed by atoms with Crippen LogP contribution >= 0.6 is 0 Å². The van der Waals surface area contributed by atoms with E-state index in [4.69, 9.17) is 13.8 Å². The monoisotopic (exact) mass is 693 g/mol. The Hall–Kier alpha value is -7.37. The van der Waals surface area contributed by atoms with E-state index >= 15 is 0 Å². The molecule has 8 aromatic carbocycles. The number of rotatable bonds is 6. The Morgan fingerprint density at radius 3 is 1.91 bits per heavy atom. The Morgan fingerprint density at radius 1 is 0.426 bits per heavy atom. The Morgan fingerprint density at radius 2 is 1.09 bits per heavy atom. The summed E-state index contributed by atoms with van der Waals surface area (Å²) < 4.78 is 14.9. The SMILES string of the molecule is c1ccc(-c2nc3cc4c(cc3o2)oc2cc(-c3ccc(N(c5ccccc5)c5cccc6c5c5ccccc5n6-c5ccccc5)cc3)ccc24)cc1. The Labute approximate surface area is 310 Å². The summed E-state index contributed by atoms with van der Waals surface area (Å²) in [5.74, 6) is 0.606. The van der Waals surface area contributed by atoms with E-state index in [9.17, 15) is 0 Å². The quantitative estimate of drug-likeness (QED) is 0.174. The molecule has 0 saturated heterocycles. The van der Waals surface area contributed by atoms with Crippen molar-refractivity contribution < 1.29 is 8.83 Å². The van der Waals surface area contributed by atoms with Gasteiger partial charge in [-0.25, -0.2) is 4.98 Å². The average Bonchev–Trinajstić information content (AvgIpc) is 3.92. The number of benzene rings is 8. The molecule has 0 N–H and O–H groups in total. The lowest BCUT2D eigenvalue weighted by Crippen LogP contribution is -2.10. The van der Waals surface area contributed by atoms with Crippen molar-refractivity contribution in [2.45, 2.75) is 0 Å². The molecule has 0 aliphatic carbocycles. The van der Waals surface area contributed by atoms with Gasteiger partial charge in [0, 0.05) is 50.2 Å². The van der Waals surface area contributed by atoms with E-state index in [2.05, 4.69) is 161 Å². The van der Waals surface area contributed by atoms with Gasteiger partial charge in [0.1, 0.15) is 16.7 Å². The molecule has 11 rings (SSSR count). The number of fused-ring (bicyclic) bond motifs is 7. The first-order chi connectivity index (χ1) is 26.8. The van der Waals surface area contributed by atoms with Gasteiger partial charge in [-0.3, -0.25) is 0 Å². The summed E-state index contributed by atoms with van der Waals surface area (Å²) in [6.45, 7) is 0. The highest BCUT2D eigenvalue weighted by atomic mass is 16.4. The van der Waals surface area contributed by atoms with Gasteiger partial charge < -0.3 is 18.3 Å². The molecule has 0 atom stereocenters. The van der Waals surface area contributed by atoms with E-state index in [1.165, 1.54) is 16.3 Å². The van der Waals surface area contributed by atoms with Crippen molar-refractivity contribution in [1.29, 1.82) is 0 Å². The molecule has 0 aliphatic heterocycles. The fourth-order valence-electron chi connectivity index (χ4n) is 7.93. The zero-order valence-corrected chi connectivity index (χ0v) is 29.1. The molecule has 0 unspecified atom stereocenters. The van der Waals surface area contributed by atoms with E-state index in [1.807, 2.05) is 36.4 Å². The highest BCUT2D eigenvalue weighted by Gasteiger charge is 2.21. The van der Waals surface area contributed by atoms with E-state index in [-0.39, 0.29) is 0 Å². The number of para-hydroxylation sites is 3. The van der Waals surface area contributed by atoms with Crippen LogP contribution in [-0.2, 0) is 0 Å². The third-order valence-electron chi connectivity index (χ3n) is 10.4. The number of oxazole rings is 1. The molecule has 0 fully saturated rings. The largest absolute Gasteiger partial charge is 0.456 e. The standard InChI is InChI=1S/C49H31N3O2/c1-4-13-33(14-5-1)49-50-41-30-40-38-28-25-34(29-45(38)53-46(40)31-47(41)54-49)32-23-26-37(27-24-32)51(35-15-6-2-7-16-35)43-21-12-22-44-48(43)39-19-10-11-20-42(39)52(44)36-17-8-3-9-18-36/h1-31H. The summed E-state index contributed by atoms with van der Waals surface area (Å²) in [6.07, 6.45) is 0. The second kappa shape index (κ2) is 12.1. The van der Waals surface area contributed by atoms with Gasteiger partial charge in [-0.1, -0.05) is 97.1 Å². The Balaban J connectivity index is 1.00. The second-order valence-corrected chi connectivity index (χ2v) is 13.6. The van der Waals surface area contributed by atoms with Crippen LogP contribution in [0.25, 0.3) is 83.1 Å². The minimum absolute atomic E-state index is 0.606. The normalized spacial score (nSPS) is 11.7. The number of furan rings is 1. The predicted octanol–water partition coefficient (Wildman–Crippen LogP) is 13.6. The maximum atomic E-state index is 6.43. The number of nitrogens with zero attached hydrogens (tertiary/aromatic N) is 3. The smallest absolute Gasteiger partial charge is 0.227 e. The first-order valence-corrected chi connectivity index (χ1v) is 18.1. The van der Waals surface area contributed by atoms with Crippen LogP contribution in [0.5, 0.6) is 0 Å². The maximum absolute atomic E-state index is 6.43. The van der Waals surface area contributed by atoms with Crippen molar-refractivity contribution >= 4 is 71.9 Å². The number of hydrogen-bond acceptors (Lipinski definition) is 4. The molecule has 54 heavy (non-hydrogen) atoms. The third-order valence-corrected chi connectivity index (χ3v) is 10.4. The van der Waals surface area contributed by atoms with Crippen molar-refractivity contribution in [3.63, 3.8) is 0 Å². The van der Waals surface area contributed by atoms with Crippen LogP contribution in [0.4, 0.5) is 17.1 Å². The van der Waals surface area contributed by atoms with Gasteiger partial charge in [0.05, 0.1) is 16.7 Å². The summed E-state index contributed by atoms with van der Waals surface area (Å²) in [4.78, 5) is 7.15. The molecule has 0 spiro atoms. The summed E-state index contributed by atoms with van der Waals surface area (Å²) in [5, 5.41) is 4.49. The van der Waals surface area contributed by atoms with Gasteiger partial charge in [0.25, 0.3) is 0 Å². The van der Waals surface area contributed by atoms with E-state index < -0.39 is 0 Å². The molecule has 254 valence electrons. The van der Waals surface area contributed by atoms with Crippen molar-refractivity contribution in [2.24, 2.45) is 0 Å². The van der Waals surface area contributed by atoms with Crippen LogP contribution in [0.1, 0.15) is 0 Å². The molecule has 0 aliphatic rings. The second-order valence-electron chi connectivity index (χ2n) is 13.6. The van der Waals surface area contributed by atoms with Crippen molar-refractivity contribution in [1.82, 2.24) is 9.55 Å². The molecule has 0 bridgehead atoms. The van der Waals surface area contributed by atoms with Crippen LogP contribution in [0.3, 0.4) is 0 Å². The van der Waals surface area contributed by atoms with Gasteiger partial charge in [-0.05, 0) is 96.1 Å².